The lowest BCUT2D eigenvalue weighted by molar-refractivity contribution is -0.113. The lowest BCUT2D eigenvalue weighted by atomic mass is 10.1. The smallest absolute Gasteiger partial charge is 0.262 e. The topological polar surface area (TPSA) is 92.7 Å². The van der Waals surface area contributed by atoms with Gasteiger partial charge in [0.15, 0.2) is 10.8 Å². The van der Waals surface area contributed by atoms with E-state index in [0.29, 0.717) is 16.2 Å². The Morgan fingerprint density at radius 3 is 2.61 bits per heavy atom. The number of hydrogen-bond donors (Lipinski definition) is 2. The van der Waals surface area contributed by atoms with Gasteiger partial charge in [0.25, 0.3) is 5.56 Å². The molecule has 0 saturated carbocycles. The Labute approximate surface area is 181 Å². The van der Waals surface area contributed by atoms with Crippen molar-refractivity contribution in [1.82, 2.24) is 19.7 Å². The van der Waals surface area contributed by atoms with Crippen molar-refractivity contribution in [3.05, 3.63) is 89.3 Å². The zero-order valence-corrected chi connectivity index (χ0v) is 17.1. The van der Waals surface area contributed by atoms with Crippen LogP contribution in [0.15, 0.2) is 88.9 Å². The number of carbonyl (C=O) groups excluding carboxylic acids is 1. The number of aromatic amines is 1. The number of aromatic nitrogens is 4. The van der Waals surface area contributed by atoms with Crippen LogP contribution in [0.5, 0.6) is 0 Å². The maximum Gasteiger partial charge on any atom is 0.262 e. The Morgan fingerprint density at radius 2 is 1.74 bits per heavy atom. The highest BCUT2D eigenvalue weighted by molar-refractivity contribution is 7.99. The summed E-state index contributed by atoms with van der Waals surface area (Å²) in [6, 6.07) is 23.1. The van der Waals surface area contributed by atoms with E-state index in [-0.39, 0.29) is 17.2 Å². The molecule has 152 valence electrons. The first-order valence-corrected chi connectivity index (χ1v) is 10.6. The van der Waals surface area contributed by atoms with Crippen molar-refractivity contribution in [2.45, 2.75) is 5.16 Å². The van der Waals surface area contributed by atoms with Crippen LogP contribution in [0, 0.1) is 0 Å². The Balaban J connectivity index is 1.37. The SMILES string of the molecule is O=C(CSc1nc2c(cnn2-c2ccccc2)c(=O)[nH]1)Nc1cccc2ccccc12. The van der Waals surface area contributed by atoms with Crippen molar-refractivity contribution in [2.24, 2.45) is 0 Å². The van der Waals surface area contributed by atoms with Crippen molar-refractivity contribution in [3.63, 3.8) is 0 Å². The number of rotatable bonds is 5. The first-order valence-electron chi connectivity index (χ1n) is 9.63. The van der Waals surface area contributed by atoms with E-state index in [9.17, 15) is 9.59 Å². The maximum absolute atomic E-state index is 12.5. The molecule has 0 spiro atoms. The number of carbonyl (C=O) groups is 1. The van der Waals surface area contributed by atoms with Crippen molar-refractivity contribution >= 4 is 45.2 Å². The molecule has 5 aromatic rings. The number of para-hydroxylation sites is 1. The molecule has 0 aliphatic heterocycles. The van der Waals surface area contributed by atoms with E-state index in [4.69, 9.17) is 0 Å². The molecule has 5 rings (SSSR count). The summed E-state index contributed by atoms with van der Waals surface area (Å²) in [5.74, 6) is -0.0717. The number of benzene rings is 3. The molecule has 7 nitrogen and oxygen atoms in total. The van der Waals surface area contributed by atoms with Crippen LogP contribution >= 0.6 is 11.8 Å². The van der Waals surface area contributed by atoms with E-state index in [1.807, 2.05) is 72.8 Å². The quantitative estimate of drug-likeness (QED) is 0.327. The van der Waals surface area contributed by atoms with Crippen LogP contribution in [-0.2, 0) is 4.79 Å². The molecule has 0 aliphatic rings. The summed E-state index contributed by atoms with van der Waals surface area (Å²) < 4.78 is 1.62. The first-order chi connectivity index (χ1) is 15.2. The lowest BCUT2D eigenvalue weighted by Crippen LogP contribution is -2.16. The van der Waals surface area contributed by atoms with Gasteiger partial charge < -0.3 is 10.3 Å². The van der Waals surface area contributed by atoms with Crippen molar-refractivity contribution in [1.29, 1.82) is 0 Å². The Hall–Kier alpha value is -3.91. The van der Waals surface area contributed by atoms with Gasteiger partial charge >= 0.3 is 0 Å². The second kappa shape index (κ2) is 8.08. The zero-order valence-electron chi connectivity index (χ0n) is 16.3. The molecule has 2 N–H and O–H groups in total. The highest BCUT2D eigenvalue weighted by Crippen LogP contribution is 2.24. The van der Waals surface area contributed by atoms with E-state index in [1.54, 1.807) is 4.68 Å². The lowest BCUT2D eigenvalue weighted by Gasteiger charge is -2.08. The summed E-state index contributed by atoms with van der Waals surface area (Å²) in [5, 5.41) is 10.0. The van der Waals surface area contributed by atoms with E-state index in [0.717, 1.165) is 22.1 Å². The van der Waals surface area contributed by atoms with Gasteiger partial charge in [0.2, 0.25) is 5.91 Å². The number of nitrogens with zero attached hydrogens (tertiary/aromatic N) is 3. The van der Waals surface area contributed by atoms with Crippen LogP contribution in [0.1, 0.15) is 0 Å². The third kappa shape index (κ3) is 3.80. The molecular formula is C23H17N5O2S. The van der Waals surface area contributed by atoms with Gasteiger partial charge in [-0.25, -0.2) is 9.67 Å². The molecule has 0 atom stereocenters. The number of hydrogen-bond acceptors (Lipinski definition) is 5. The van der Waals surface area contributed by atoms with Crippen LogP contribution in [-0.4, -0.2) is 31.4 Å². The van der Waals surface area contributed by atoms with Crippen molar-refractivity contribution < 1.29 is 4.79 Å². The van der Waals surface area contributed by atoms with Crippen LogP contribution in [0.3, 0.4) is 0 Å². The molecule has 0 saturated heterocycles. The number of thioether (sulfide) groups is 1. The van der Waals surface area contributed by atoms with Gasteiger partial charge in [0.1, 0.15) is 5.39 Å². The Morgan fingerprint density at radius 1 is 0.968 bits per heavy atom. The van der Waals surface area contributed by atoms with E-state index in [2.05, 4.69) is 20.4 Å². The molecular weight excluding hydrogens is 410 g/mol. The summed E-state index contributed by atoms with van der Waals surface area (Å²) in [5.41, 5.74) is 1.72. The third-order valence-corrected chi connectivity index (χ3v) is 5.69. The molecule has 8 heteroatoms. The summed E-state index contributed by atoms with van der Waals surface area (Å²) in [6.07, 6.45) is 1.50. The van der Waals surface area contributed by atoms with Crippen LogP contribution < -0.4 is 10.9 Å². The summed E-state index contributed by atoms with van der Waals surface area (Å²) in [6.45, 7) is 0. The van der Waals surface area contributed by atoms with E-state index in [1.165, 1.54) is 18.0 Å². The molecule has 3 aromatic carbocycles. The summed E-state index contributed by atoms with van der Waals surface area (Å²) in [7, 11) is 0. The zero-order chi connectivity index (χ0) is 21.2. The Kier molecular flexibility index (Phi) is 4.97. The average Bonchev–Trinajstić information content (AvgIpc) is 3.23. The number of amides is 1. The van der Waals surface area contributed by atoms with Gasteiger partial charge in [-0.3, -0.25) is 9.59 Å². The second-order valence-corrected chi connectivity index (χ2v) is 7.83. The van der Waals surface area contributed by atoms with Crippen molar-refractivity contribution in [2.75, 3.05) is 11.1 Å². The van der Waals surface area contributed by atoms with Crippen LogP contribution in [0.25, 0.3) is 27.5 Å². The molecule has 0 aliphatic carbocycles. The normalized spacial score (nSPS) is 11.1. The van der Waals surface area contributed by atoms with Crippen LogP contribution in [0.4, 0.5) is 5.69 Å². The third-order valence-electron chi connectivity index (χ3n) is 4.82. The number of H-pyrrole nitrogens is 1. The monoisotopic (exact) mass is 427 g/mol. The maximum atomic E-state index is 12.5. The molecule has 0 fully saturated rings. The predicted molar refractivity (Wildman–Crippen MR) is 123 cm³/mol. The largest absolute Gasteiger partial charge is 0.325 e. The second-order valence-electron chi connectivity index (χ2n) is 6.86. The number of anilines is 1. The minimum Gasteiger partial charge on any atom is -0.325 e. The fourth-order valence-electron chi connectivity index (χ4n) is 3.38. The molecule has 0 radical (unpaired) electrons. The van der Waals surface area contributed by atoms with Gasteiger partial charge in [-0.1, -0.05) is 66.4 Å². The van der Waals surface area contributed by atoms with E-state index >= 15 is 0 Å². The minimum atomic E-state index is -0.288. The highest BCUT2D eigenvalue weighted by Gasteiger charge is 2.13. The fraction of sp³-hybridized carbons (Fsp3) is 0.0435. The standard InChI is InChI=1S/C23H17N5O2S/c29-20(25-19-12-6-8-15-7-4-5-11-17(15)19)14-31-23-26-21-18(22(30)27-23)13-24-28(21)16-9-2-1-3-10-16/h1-13H,14H2,(H,25,29)(H,26,27,30). The van der Waals surface area contributed by atoms with Gasteiger partial charge in [0.05, 0.1) is 17.6 Å². The van der Waals surface area contributed by atoms with Crippen LogP contribution in [0.2, 0.25) is 0 Å². The van der Waals surface area contributed by atoms with E-state index < -0.39 is 0 Å². The highest BCUT2D eigenvalue weighted by atomic mass is 32.2. The fourth-order valence-corrected chi connectivity index (χ4v) is 4.04. The molecule has 31 heavy (non-hydrogen) atoms. The van der Waals surface area contributed by atoms with Gasteiger partial charge in [0, 0.05) is 11.1 Å². The van der Waals surface area contributed by atoms with Crippen molar-refractivity contribution in [3.8, 4) is 5.69 Å². The van der Waals surface area contributed by atoms with Gasteiger partial charge in [-0.2, -0.15) is 5.10 Å². The minimum absolute atomic E-state index is 0.108. The molecule has 1 amide bonds. The molecule has 2 heterocycles. The molecule has 2 aromatic heterocycles. The number of fused-ring (bicyclic) bond motifs is 2. The summed E-state index contributed by atoms with van der Waals surface area (Å²) in [4.78, 5) is 32.3. The first kappa shape index (κ1) is 19.1. The molecule has 0 unspecified atom stereocenters. The number of nitrogens with one attached hydrogen (secondary N) is 2. The van der Waals surface area contributed by atoms with Gasteiger partial charge in [-0.15, -0.1) is 0 Å². The van der Waals surface area contributed by atoms with Gasteiger partial charge in [-0.05, 0) is 23.6 Å². The summed E-state index contributed by atoms with van der Waals surface area (Å²) >= 11 is 1.17. The average molecular weight is 427 g/mol. The Bertz CT molecular complexity index is 1450. The molecule has 0 bridgehead atoms. The predicted octanol–water partition coefficient (Wildman–Crippen LogP) is 3.99.